The molecule has 0 spiro atoms. The van der Waals surface area contributed by atoms with Gasteiger partial charge in [0, 0.05) is 18.3 Å². The molecule has 1 aromatic carbocycles. The number of nitrogens with one attached hydrogen (secondary N) is 1. The minimum absolute atomic E-state index is 0.0431. The lowest BCUT2D eigenvalue weighted by atomic mass is 10.3. The van der Waals surface area contributed by atoms with Gasteiger partial charge in [-0.05, 0) is 31.2 Å². The van der Waals surface area contributed by atoms with Crippen LogP contribution in [0.2, 0.25) is 0 Å². The number of ether oxygens (including phenoxy) is 2. The quantitative estimate of drug-likeness (QED) is 0.712. The summed E-state index contributed by atoms with van der Waals surface area (Å²) in [6.45, 7) is 1.77. The second-order valence-corrected chi connectivity index (χ2v) is 7.08. The summed E-state index contributed by atoms with van der Waals surface area (Å²) in [5, 5.41) is 4.30. The topological polar surface area (TPSA) is 95.3 Å². The van der Waals surface area contributed by atoms with E-state index in [4.69, 9.17) is 9.47 Å². The summed E-state index contributed by atoms with van der Waals surface area (Å²) in [5.41, 5.74) is 0.653. The number of hydrogen-bond donors (Lipinski definition) is 1. The lowest BCUT2D eigenvalue weighted by molar-refractivity contribution is 0.354. The van der Waals surface area contributed by atoms with E-state index < -0.39 is 10.0 Å². The SMILES string of the molecule is COc1ccc(S(=O)(=O)Nc2cc(C)nn2-c2ccccn2)cc1OC. The van der Waals surface area contributed by atoms with Crippen LogP contribution in [-0.2, 0) is 10.0 Å². The summed E-state index contributed by atoms with van der Waals surface area (Å²) < 4.78 is 39.9. The molecule has 8 nitrogen and oxygen atoms in total. The van der Waals surface area contributed by atoms with Crippen molar-refractivity contribution in [1.82, 2.24) is 14.8 Å². The Kier molecular flexibility index (Phi) is 4.81. The molecule has 2 aromatic heterocycles. The summed E-state index contributed by atoms with van der Waals surface area (Å²) in [4.78, 5) is 4.25. The van der Waals surface area contributed by atoms with Gasteiger partial charge in [0.2, 0.25) is 0 Å². The van der Waals surface area contributed by atoms with Crippen LogP contribution in [0.25, 0.3) is 5.82 Å². The van der Waals surface area contributed by atoms with Crippen LogP contribution < -0.4 is 14.2 Å². The van der Waals surface area contributed by atoms with Gasteiger partial charge in [0.15, 0.2) is 17.3 Å². The van der Waals surface area contributed by atoms with Crippen LogP contribution in [0, 0.1) is 6.92 Å². The number of aryl methyl sites for hydroxylation is 1. The van der Waals surface area contributed by atoms with Gasteiger partial charge >= 0.3 is 0 Å². The monoisotopic (exact) mass is 374 g/mol. The molecule has 0 amide bonds. The van der Waals surface area contributed by atoms with Crippen molar-refractivity contribution in [1.29, 1.82) is 0 Å². The van der Waals surface area contributed by atoms with E-state index >= 15 is 0 Å². The number of hydrogen-bond acceptors (Lipinski definition) is 6. The predicted octanol–water partition coefficient (Wildman–Crippen LogP) is 2.39. The highest BCUT2D eigenvalue weighted by atomic mass is 32.2. The third kappa shape index (κ3) is 3.47. The van der Waals surface area contributed by atoms with Gasteiger partial charge < -0.3 is 9.47 Å². The molecule has 0 fully saturated rings. The smallest absolute Gasteiger partial charge is 0.263 e. The highest BCUT2D eigenvalue weighted by molar-refractivity contribution is 7.92. The molecule has 26 heavy (non-hydrogen) atoms. The van der Waals surface area contributed by atoms with Gasteiger partial charge in [-0.3, -0.25) is 4.72 Å². The average molecular weight is 374 g/mol. The second-order valence-electron chi connectivity index (χ2n) is 5.39. The van der Waals surface area contributed by atoms with E-state index in [2.05, 4.69) is 14.8 Å². The van der Waals surface area contributed by atoms with E-state index in [-0.39, 0.29) is 10.7 Å². The maximum Gasteiger partial charge on any atom is 0.263 e. The van der Waals surface area contributed by atoms with Gasteiger partial charge in [-0.25, -0.2) is 13.4 Å². The molecule has 0 aliphatic carbocycles. The Morgan fingerprint density at radius 1 is 1.04 bits per heavy atom. The van der Waals surface area contributed by atoms with Crippen LogP contribution in [0.3, 0.4) is 0 Å². The van der Waals surface area contributed by atoms with Gasteiger partial charge in [0.1, 0.15) is 5.82 Å². The first-order valence-corrected chi connectivity index (χ1v) is 9.16. The third-order valence-electron chi connectivity index (χ3n) is 3.60. The van der Waals surface area contributed by atoms with Gasteiger partial charge in [-0.2, -0.15) is 9.78 Å². The van der Waals surface area contributed by atoms with Crippen molar-refractivity contribution >= 4 is 15.8 Å². The van der Waals surface area contributed by atoms with Crippen molar-refractivity contribution in [2.75, 3.05) is 18.9 Å². The summed E-state index contributed by atoms with van der Waals surface area (Å²) in [6.07, 6.45) is 1.61. The Balaban J connectivity index is 1.99. The van der Waals surface area contributed by atoms with Crippen molar-refractivity contribution < 1.29 is 17.9 Å². The van der Waals surface area contributed by atoms with E-state index in [1.54, 1.807) is 37.4 Å². The first kappa shape index (κ1) is 17.7. The fraction of sp³-hybridized carbons (Fsp3) is 0.176. The molecular weight excluding hydrogens is 356 g/mol. The zero-order valence-corrected chi connectivity index (χ0v) is 15.3. The molecule has 3 aromatic rings. The second kappa shape index (κ2) is 7.04. The van der Waals surface area contributed by atoms with Crippen molar-refractivity contribution in [3.8, 4) is 17.3 Å². The fourth-order valence-electron chi connectivity index (χ4n) is 2.41. The van der Waals surface area contributed by atoms with Crippen LogP contribution in [0.4, 0.5) is 5.82 Å². The van der Waals surface area contributed by atoms with Gasteiger partial charge in [0.05, 0.1) is 24.8 Å². The Labute approximate surface area is 151 Å². The number of anilines is 1. The molecule has 0 aliphatic rings. The molecular formula is C17H18N4O4S. The molecule has 0 bridgehead atoms. The van der Waals surface area contributed by atoms with Gasteiger partial charge in [-0.15, -0.1) is 0 Å². The van der Waals surface area contributed by atoms with Crippen LogP contribution >= 0.6 is 0 Å². The van der Waals surface area contributed by atoms with Gasteiger partial charge in [0.25, 0.3) is 10.0 Å². The Morgan fingerprint density at radius 3 is 2.46 bits per heavy atom. The molecule has 0 saturated carbocycles. The van der Waals surface area contributed by atoms with Crippen LogP contribution in [-0.4, -0.2) is 37.4 Å². The van der Waals surface area contributed by atoms with Crippen molar-refractivity contribution in [2.45, 2.75) is 11.8 Å². The molecule has 3 rings (SSSR count). The molecule has 0 saturated heterocycles. The zero-order valence-electron chi connectivity index (χ0n) is 14.5. The number of benzene rings is 1. The fourth-order valence-corrected chi connectivity index (χ4v) is 3.45. The zero-order chi connectivity index (χ0) is 18.7. The largest absolute Gasteiger partial charge is 0.493 e. The average Bonchev–Trinajstić information content (AvgIpc) is 3.01. The van der Waals surface area contributed by atoms with Crippen molar-refractivity contribution in [2.24, 2.45) is 0 Å². The van der Waals surface area contributed by atoms with Crippen LogP contribution in [0.5, 0.6) is 11.5 Å². The molecule has 1 N–H and O–H groups in total. The third-order valence-corrected chi connectivity index (χ3v) is 4.95. The molecule has 2 heterocycles. The normalized spacial score (nSPS) is 11.2. The Bertz CT molecular complexity index is 1020. The summed E-state index contributed by atoms with van der Waals surface area (Å²) >= 11 is 0. The first-order chi connectivity index (χ1) is 12.4. The molecule has 0 radical (unpaired) electrons. The van der Waals surface area contributed by atoms with Crippen LogP contribution in [0.1, 0.15) is 5.69 Å². The highest BCUT2D eigenvalue weighted by Gasteiger charge is 2.20. The number of aromatic nitrogens is 3. The van der Waals surface area contributed by atoms with Crippen LogP contribution in [0.15, 0.2) is 53.6 Å². The summed E-state index contributed by atoms with van der Waals surface area (Å²) in [6, 6.07) is 11.3. The van der Waals surface area contributed by atoms with E-state index in [1.807, 2.05) is 0 Å². The van der Waals surface area contributed by atoms with E-state index in [9.17, 15) is 8.42 Å². The number of sulfonamides is 1. The lowest BCUT2D eigenvalue weighted by Crippen LogP contribution is -2.16. The van der Waals surface area contributed by atoms with Gasteiger partial charge in [-0.1, -0.05) is 6.07 Å². The molecule has 136 valence electrons. The van der Waals surface area contributed by atoms with Crippen molar-refractivity contribution in [3.05, 3.63) is 54.4 Å². The summed E-state index contributed by atoms with van der Waals surface area (Å²) in [7, 11) is -0.932. The van der Waals surface area contributed by atoms with E-state index in [1.165, 1.54) is 37.1 Å². The van der Waals surface area contributed by atoms with E-state index in [0.717, 1.165) is 0 Å². The predicted molar refractivity (Wildman–Crippen MR) is 96.5 cm³/mol. The number of pyridine rings is 1. The first-order valence-electron chi connectivity index (χ1n) is 7.67. The number of rotatable bonds is 6. The number of nitrogens with zero attached hydrogens (tertiary/aromatic N) is 3. The minimum atomic E-state index is -3.86. The van der Waals surface area contributed by atoms with Crippen molar-refractivity contribution in [3.63, 3.8) is 0 Å². The minimum Gasteiger partial charge on any atom is -0.493 e. The number of methoxy groups -OCH3 is 2. The molecule has 0 aliphatic heterocycles. The molecule has 9 heteroatoms. The maximum absolute atomic E-state index is 12.8. The standard InChI is InChI=1S/C17H18N4O4S/c1-12-10-17(21(19-12)16-6-4-5-9-18-16)20-26(22,23)13-7-8-14(24-2)15(11-13)25-3/h4-11,20H,1-3H3. The molecule has 0 atom stereocenters. The Hall–Kier alpha value is -3.07. The highest BCUT2D eigenvalue weighted by Crippen LogP contribution is 2.30. The maximum atomic E-state index is 12.8. The van der Waals surface area contributed by atoms with E-state index in [0.29, 0.717) is 23.0 Å². The Morgan fingerprint density at radius 2 is 1.81 bits per heavy atom. The summed E-state index contributed by atoms with van der Waals surface area (Å²) in [5.74, 6) is 1.56. The molecule has 0 unspecified atom stereocenters. The lowest BCUT2D eigenvalue weighted by Gasteiger charge is -2.12.